The van der Waals surface area contributed by atoms with Gasteiger partial charge in [-0.2, -0.15) is 9.94 Å². The lowest BCUT2D eigenvalue weighted by Crippen LogP contribution is -2.20. The minimum Gasteiger partial charge on any atom is -0.325 e. The van der Waals surface area contributed by atoms with Crippen LogP contribution in [0.15, 0.2) is 64.5 Å². The number of benzene rings is 2. The third-order valence-corrected chi connectivity index (χ3v) is 6.75. The predicted octanol–water partition coefficient (Wildman–Crippen LogP) is 3.86. The smallest absolute Gasteiger partial charge is 0.284 e. The summed E-state index contributed by atoms with van der Waals surface area (Å²) in [5.74, 6) is 0.370. The highest BCUT2D eigenvalue weighted by Gasteiger charge is 2.27. The number of nitriles is 1. The van der Waals surface area contributed by atoms with Gasteiger partial charge in [0.1, 0.15) is 5.56 Å². The van der Waals surface area contributed by atoms with E-state index >= 15 is 0 Å². The molecule has 0 fully saturated rings. The second-order valence-corrected chi connectivity index (χ2v) is 9.03. The maximum atomic E-state index is 13.3. The SMILES string of the molecule is N#Cc1cccc(NC(=O)CSc2nc3nn(-c4ccccc4)c(=O)c-3c3n2CCCCC3)c1. The molecule has 3 aliphatic rings. The summed E-state index contributed by atoms with van der Waals surface area (Å²) < 4.78 is 3.49. The van der Waals surface area contributed by atoms with Crippen LogP contribution in [0.5, 0.6) is 0 Å². The number of carbonyl (C=O) groups is 1. The largest absolute Gasteiger partial charge is 0.325 e. The van der Waals surface area contributed by atoms with Crippen molar-refractivity contribution in [2.24, 2.45) is 0 Å². The van der Waals surface area contributed by atoms with Gasteiger partial charge in [0.15, 0.2) is 11.0 Å². The molecule has 0 aliphatic carbocycles. The zero-order chi connectivity index (χ0) is 23.5. The lowest BCUT2D eigenvalue weighted by molar-refractivity contribution is -0.113. The Bertz CT molecular complexity index is 1420. The number of fused-ring (bicyclic) bond motifs is 3. The summed E-state index contributed by atoms with van der Waals surface area (Å²) in [6.07, 6.45) is 3.83. The summed E-state index contributed by atoms with van der Waals surface area (Å²) in [6, 6.07) is 18.2. The minimum absolute atomic E-state index is 0.151. The molecule has 0 atom stereocenters. The third-order valence-electron chi connectivity index (χ3n) is 5.78. The van der Waals surface area contributed by atoms with Crippen molar-refractivity contribution in [2.45, 2.75) is 37.4 Å². The van der Waals surface area contributed by atoms with E-state index in [1.54, 1.807) is 24.3 Å². The first-order valence-corrected chi connectivity index (χ1v) is 12.1. The summed E-state index contributed by atoms with van der Waals surface area (Å²) in [4.78, 5) is 30.6. The van der Waals surface area contributed by atoms with Gasteiger partial charge >= 0.3 is 0 Å². The zero-order valence-corrected chi connectivity index (χ0v) is 19.2. The lowest BCUT2D eigenvalue weighted by atomic mass is 10.1. The second-order valence-electron chi connectivity index (χ2n) is 8.08. The normalized spacial score (nSPS) is 13.1. The van der Waals surface area contributed by atoms with Crippen LogP contribution in [0.4, 0.5) is 5.69 Å². The number of rotatable bonds is 5. The minimum atomic E-state index is -0.190. The predicted molar refractivity (Wildman–Crippen MR) is 130 cm³/mol. The highest BCUT2D eigenvalue weighted by molar-refractivity contribution is 7.99. The van der Waals surface area contributed by atoms with Crippen LogP contribution in [-0.4, -0.2) is 31.0 Å². The van der Waals surface area contributed by atoms with Gasteiger partial charge in [-0.25, -0.2) is 4.98 Å². The molecule has 5 rings (SSSR count). The van der Waals surface area contributed by atoms with Crippen molar-refractivity contribution < 1.29 is 4.79 Å². The van der Waals surface area contributed by atoms with E-state index in [-0.39, 0.29) is 17.2 Å². The average Bonchev–Trinajstić information content (AvgIpc) is 3.02. The monoisotopic (exact) mass is 470 g/mol. The van der Waals surface area contributed by atoms with Crippen LogP contribution >= 0.6 is 11.8 Å². The highest BCUT2D eigenvalue weighted by Crippen LogP contribution is 2.30. The van der Waals surface area contributed by atoms with E-state index in [9.17, 15) is 9.59 Å². The number of amides is 1. The standard InChI is InChI=1S/C25H22N6O2S/c26-15-17-8-7-9-18(14-17)27-21(32)16-34-25-28-23-22(20-12-5-2-6-13-30(20)25)24(33)31(29-23)19-10-3-1-4-11-19/h1,3-4,7-11,14H,2,5-6,12-13,16H2,(H,27,32). The summed E-state index contributed by atoms with van der Waals surface area (Å²) >= 11 is 1.33. The fourth-order valence-electron chi connectivity index (χ4n) is 4.20. The molecule has 0 unspecified atom stereocenters. The van der Waals surface area contributed by atoms with Crippen molar-refractivity contribution in [3.63, 3.8) is 0 Å². The molecule has 1 N–H and O–H groups in total. The number of nitrogens with zero attached hydrogens (tertiary/aromatic N) is 5. The Kier molecular flexibility index (Phi) is 6.14. The first kappa shape index (κ1) is 21.9. The van der Waals surface area contributed by atoms with Crippen LogP contribution in [0.25, 0.3) is 17.1 Å². The Balaban J connectivity index is 1.47. The Morgan fingerprint density at radius 1 is 1.12 bits per heavy atom. The van der Waals surface area contributed by atoms with E-state index in [0.29, 0.717) is 33.5 Å². The van der Waals surface area contributed by atoms with Crippen molar-refractivity contribution in [3.8, 4) is 23.1 Å². The molecule has 0 bridgehead atoms. The van der Waals surface area contributed by atoms with E-state index < -0.39 is 0 Å². The quantitative estimate of drug-likeness (QED) is 0.351. The first-order chi connectivity index (χ1) is 16.6. The summed E-state index contributed by atoms with van der Waals surface area (Å²) in [5.41, 5.74) is 3.11. The van der Waals surface area contributed by atoms with Gasteiger partial charge in [-0.15, -0.1) is 5.10 Å². The van der Waals surface area contributed by atoms with E-state index in [1.165, 1.54) is 16.4 Å². The number of anilines is 1. The Morgan fingerprint density at radius 2 is 1.97 bits per heavy atom. The van der Waals surface area contributed by atoms with E-state index in [0.717, 1.165) is 37.9 Å². The van der Waals surface area contributed by atoms with Crippen molar-refractivity contribution in [3.05, 3.63) is 76.2 Å². The summed E-state index contributed by atoms with van der Waals surface area (Å²) in [7, 11) is 0. The fourth-order valence-corrected chi connectivity index (χ4v) is 5.04. The molecule has 170 valence electrons. The third kappa shape index (κ3) is 4.32. The molecule has 3 aliphatic heterocycles. The fraction of sp³-hybridized carbons (Fsp3) is 0.240. The molecule has 0 aromatic heterocycles. The van der Waals surface area contributed by atoms with Gasteiger partial charge in [-0.05, 0) is 49.6 Å². The van der Waals surface area contributed by atoms with Gasteiger partial charge in [0.2, 0.25) is 5.91 Å². The molecule has 0 saturated carbocycles. The highest BCUT2D eigenvalue weighted by atomic mass is 32.2. The number of para-hydroxylation sites is 1. The molecular formula is C25H22N6O2S. The van der Waals surface area contributed by atoms with E-state index in [2.05, 4.69) is 21.1 Å². The first-order valence-electron chi connectivity index (χ1n) is 11.1. The summed E-state index contributed by atoms with van der Waals surface area (Å²) in [6.45, 7) is 0.752. The van der Waals surface area contributed by atoms with Gasteiger partial charge in [-0.1, -0.05) is 42.4 Å². The van der Waals surface area contributed by atoms with E-state index in [4.69, 9.17) is 10.2 Å². The molecule has 0 spiro atoms. The molecule has 3 heterocycles. The number of thioether (sulfide) groups is 1. The van der Waals surface area contributed by atoms with Gasteiger partial charge in [0.05, 0.1) is 23.1 Å². The molecule has 9 heteroatoms. The van der Waals surface area contributed by atoms with Crippen molar-refractivity contribution >= 4 is 23.4 Å². The van der Waals surface area contributed by atoms with Crippen molar-refractivity contribution in [1.82, 2.24) is 19.3 Å². The van der Waals surface area contributed by atoms with Crippen LogP contribution in [0.3, 0.4) is 0 Å². The Hall–Kier alpha value is -3.90. The molecule has 8 nitrogen and oxygen atoms in total. The maximum absolute atomic E-state index is 13.3. The topological polar surface area (TPSA) is 106 Å². The molecule has 0 saturated heterocycles. The van der Waals surface area contributed by atoms with Gasteiger partial charge in [-0.3, -0.25) is 9.59 Å². The van der Waals surface area contributed by atoms with Crippen LogP contribution < -0.4 is 10.9 Å². The molecule has 34 heavy (non-hydrogen) atoms. The number of hydrogen-bond acceptors (Lipinski definition) is 6. The second kappa shape index (κ2) is 9.53. The number of hydrogen-bond donors (Lipinski definition) is 1. The molecular weight excluding hydrogens is 448 g/mol. The van der Waals surface area contributed by atoms with Gasteiger partial charge in [0, 0.05) is 17.9 Å². The molecule has 0 radical (unpaired) electrons. The lowest BCUT2D eigenvalue weighted by Gasteiger charge is -2.17. The Labute approximate surface area is 200 Å². The summed E-state index contributed by atoms with van der Waals surface area (Å²) in [5, 5.41) is 17.1. The van der Waals surface area contributed by atoms with Gasteiger partial charge in [0.25, 0.3) is 5.56 Å². The molecule has 2 aromatic rings. The van der Waals surface area contributed by atoms with Crippen molar-refractivity contribution in [1.29, 1.82) is 5.26 Å². The molecule has 1 amide bonds. The maximum Gasteiger partial charge on any atom is 0.284 e. The van der Waals surface area contributed by atoms with Crippen molar-refractivity contribution in [2.75, 3.05) is 11.1 Å². The van der Waals surface area contributed by atoms with Crippen LogP contribution in [0.2, 0.25) is 0 Å². The zero-order valence-electron chi connectivity index (χ0n) is 18.4. The van der Waals surface area contributed by atoms with E-state index in [1.807, 2.05) is 30.3 Å². The van der Waals surface area contributed by atoms with Gasteiger partial charge < -0.3 is 9.88 Å². The number of carbonyl (C=O) groups excluding carboxylic acids is 1. The average molecular weight is 471 g/mol. The Morgan fingerprint density at radius 3 is 2.79 bits per heavy atom. The number of nitrogens with one attached hydrogen (secondary N) is 1. The molecule has 2 aromatic carbocycles. The van der Waals surface area contributed by atoms with Crippen LogP contribution in [0, 0.1) is 11.3 Å². The number of aromatic nitrogens is 4. The van der Waals surface area contributed by atoms with Crippen LogP contribution in [0.1, 0.15) is 30.5 Å². The van der Waals surface area contributed by atoms with Crippen LogP contribution in [-0.2, 0) is 17.8 Å².